The number of aryl methyl sites for hydroxylation is 2. The summed E-state index contributed by atoms with van der Waals surface area (Å²) in [5.41, 5.74) is 1.94. The first-order valence-corrected chi connectivity index (χ1v) is 8.19. The van der Waals surface area contributed by atoms with E-state index in [0.717, 1.165) is 35.1 Å². The van der Waals surface area contributed by atoms with Crippen LogP contribution in [0.15, 0.2) is 4.47 Å². The molecule has 1 heterocycles. The molecule has 0 amide bonds. The van der Waals surface area contributed by atoms with Crippen LogP contribution in [0.1, 0.15) is 45.0 Å². The molecular weight excluding hydrogens is 318 g/mol. The summed E-state index contributed by atoms with van der Waals surface area (Å²) in [6.45, 7) is 6.38. The van der Waals surface area contributed by atoms with E-state index in [2.05, 4.69) is 46.7 Å². The van der Waals surface area contributed by atoms with Crippen molar-refractivity contribution in [3.8, 4) is 0 Å². The van der Waals surface area contributed by atoms with Gasteiger partial charge in [0.1, 0.15) is 0 Å². The van der Waals surface area contributed by atoms with Crippen molar-refractivity contribution >= 4 is 15.9 Å². The third-order valence-corrected chi connectivity index (χ3v) is 5.54. The smallest absolute Gasteiger partial charge is 0.0779 e. The van der Waals surface area contributed by atoms with E-state index >= 15 is 0 Å². The van der Waals surface area contributed by atoms with E-state index in [1.165, 1.54) is 0 Å². The first-order valence-electron chi connectivity index (χ1n) is 7.39. The molecule has 0 spiro atoms. The Hall–Kier alpha value is -0.390. The molecule has 1 aromatic rings. The number of aliphatic hydroxyl groups excluding tert-OH is 1. The van der Waals surface area contributed by atoms with Crippen molar-refractivity contribution in [2.45, 2.75) is 58.1 Å². The lowest BCUT2D eigenvalue weighted by molar-refractivity contribution is -0.0135. The van der Waals surface area contributed by atoms with Crippen molar-refractivity contribution in [1.29, 1.82) is 0 Å². The Balaban J connectivity index is 3.05. The minimum atomic E-state index is -0.413. The van der Waals surface area contributed by atoms with Crippen LogP contribution in [0, 0.1) is 0 Å². The molecule has 0 aromatic carbocycles. The zero-order valence-corrected chi connectivity index (χ0v) is 15.2. The molecule has 0 radical (unpaired) electrons. The molecule has 0 aliphatic rings. The first kappa shape index (κ1) is 17.7. The Morgan fingerprint density at radius 2 is 1.85 bits per heavy atom. The number of hydrogen-bond donors (Lipinski definition) is 1. The second-order valence-corrected chi connectivity index (χ2v) is 6.40. The van der Waals surface area contributed by atoms with Gasteiger partial charge in [-0.05, 0) is 49.3 Å². The zero-order chi connectivity index (χ0) is 15.5. The topological polar surface area (TPSA) is 41.3 Å². The summed E-state index contributed by atoms with van der Waals surface area (Å²) < 4.78 is 2.93. The van der Waals surface area contributed by atoms with Crippen LogP contribution in [0.4, 0.5) is 0 Å². The van der Waals surface area contributed by atoms with Gasteiger partial charge in [0.05, 0.1) is 22.0 Å². The molecule has 5 heteroatoms. The van der Waals surface area contributed by atoms with Crippen LogP contribution < -0.4 is 0 Å². The molecule has 1 unspecified atom stereocenters. The molecule has 0 saturated heterocycles. The van der Waals surface area contributed by atoms with Gasteiger partial charge in [-0.2, -0.15) is 5.10 Å². The number of aliphatic hydroxyl groups is 1. The SMILES string of the molecule is CCc1nn(C)c(CC(O)C(CC)(CC)N(C)C)c1Br. The number of aromatic nitrogens is 2. The highest BCUT2D eigenvalue weighted by atomic mass is 79.9. The Bertz CT molecular complexity index is 439. The standard InChI is InChI=1S/C15H28BrN3O/c1-7-11-14(16)12(19(6)17-11)10-13(20)15(8-2,9-3)18(4)5/h13,20H,7-10H2,1-6H3. The normalized spacial score (nSPS) is 14.1. The van der Waals surface area contributed by atoms with Crippen molar-refractivity contribution in [2.24, 2.45) is 7.05 Å². The monoisotopic (exact) mass is 345 g/mol. The molecule has 0 fully saturated rings. The van der Waals surface area contributed by atoms with Crippen molar-refractivity contribution in [3.63, 3.8) is 0 Å². The van der Waals surface area contributed by atoms with Gasteiger partial charge in [0.2, 0.25) is 0 Å². The molecule has 1 atom stereocenters. The van der Waals surface area contributed by atoms with E-state index in [-0.39, 0.29) is 5.54 Å². The summed E-state index contributed by atoms with van der Waals surface area (Å²) in [6.07, 6.45) is 2.94. The zero-order valence-electron chi connectivity index (χ0n) is 13.6. The second-order valence-electron chi connectivity index (χ2n) is 5.61. The quantitative estimate of drug-likeness (QED) is 0.825. The molecule has 20 heavy (non-hydrogen) atoms. The summed E-state index contributed by atoms with van der Waals surface area (Å²) >= 11 is 3.63. The molecule has 1 aromatic heterocycles. The first-order chi connectivity index (χ1) is 9.33. The lowest BCUT2D eigenvalue weighted by Crippen LogP contribution is -2.53. The number of likely N-dealkylation sites (N-methyl/N-ethyl adjacent to an activating group) is 1. The predicted octanol–water partition coefficient (Wildman–Crippen LogP) is 2.77. The molecule has 0 saturated carbocycles. The highest BCUT2D eigenvalue weighted by Gasteiger charge is 2.37. The third kappa shape index (κ3) is 3.10. The van der Waals surface area contributed by atoms with Crippen molar-refractivity contribution in [2.75, 3.05) is 14.1 Å². The van der Waals surface area contributed by atoms with Crippen LogP contribution in [0.3, 0.4) is 0 Å². The number of hydrogen-bond acceptors (Lipinski definition) is 3. The van der Waals surface area contributed by atoms with Crippen molar-refractivity contribution in [3.05, 3.63) is 15.9 Å². The van der Waals surface area contributed by atoms with Gasteiger partial charge < -0.3 is 10.0 Å². The highest BCUT2D eigenvalue weighted by Crippen LogP contribution is 2.30. The van der Waals surface area contributed by atoms with Crippen LogP contribution in [0.25, 0.3) is 0 Å². The third-order valence-electron chi connectivity index (χ3n) is 4.63. The molecule has 4 nitrogen and oxygen atoms in total. The fourth-order valence-corrected chi connectivity index (χ4v) is 3.84. The van der Waals surface area contributed by atoms with Gasteiger partial charge in [0.15, 0.2) is 0 Å². The maximum absolute atomic E-state index is 10.8. The van der Waals surface area contributed by atoms with Gasteiger partial charge in [-0.15, -0.1) is 0 Å². The largest absolute Gasteiger partial charge is 0.391 e. The van der Waals surface area contributed by atoms with Crippen LogP contribution in [-0.4, -0.2) is 45.5 Å². The summed E-state index contributed by atoms with van der Waals surface area (Å²) in [4.78, 5) is 2.16. The van der Waals surface area contributed by atoms with Crippen LogP contribution in [-0.2, 0) is 19.9 Å². The van der Waals surface area contributed by atoms with Crippen molar-refractivity contribution < 1.29 is 5.11 Å². The van der Waals surface area contributed by atoms with E-state index in [0.29, 0.717) is 6.42 Å². The molecule has 116 valence electrons. The number of rotatable bonds is 7. The summed E-state index contributed by atoms with van der Waals surface area (Å²) in [5.74, 6) is 0. The highest BCUT2D eigenvalue weighted by molar-refractivity contribution is 9.10. The summed E-state index contributed by atoms with van der Waals surface area (Å²) in [7, 11) is 6.04. The Morgan fingerprint density at radius 3 is 2.20 bits per heavy atom. The maximum Gasteiger partial charge on any atom is 0.0779 e. The van der Waals surface area contributed by atoms with Gasteiger partial charge in [0, 0.05) is 19.0 Å². The van der Waals surface area contributed by atoms with Crippen molar-refractivity contribution in [1.82, 2.24) is 14.7 Å². The van der Waals surface area contributed by atoms with E-state index in [9.17, 15) is 5.11 Å². The molecule has 1 rings (SSSR count). The molecule has 0 aliphatic carbocycles. The van der Waals surface area contributed by atoms with Gasteiger partial charge in [0.25, 0.3) is 0 Å². The lowest BCUT2D eigenvalue weighted by Gasteiger charge is -2.42. The maximum atomic E-state index is 10.8. The predicted molar refractivity (Wildman–Crippen MR) is 87.0 cm³/mol. The fourth-order valence-electron chi connectivity index (χ4n) is 3.07. The lowest BCUT2D eigenvalue weighted by atomic mass is 9.83. The van der Waals surface area contributed by atoms with E-state index in [1.54, 1.807) is 0 Å². The molecule has 0 aliphatic heterocycles. The average Bonchev–Trinajstić information content (AvgIpc) is 2.68. The van der Waals surface area contributed by atoms with E-state index < -0.39 is 6.10 Å². The molecule has 0 bridgehead atoms. The van der Waals surface area contributed by atoms with Crippen LogP contribution in [0.2, 0.25) is 0 Å². The van der Waals surface area contributed by atoms with Crippen LogP contribution >= 0.6 is 15.9 Å². The fraction of sp³-hybridized carbons (Fsp3) is 0.800. The summed E-state index contributed by atoms with van der Waals surface area (Å²) in [6, 6.07) is 0. The Kier molecular flexibility index (Phi) is 6.23. The van der Waals surface area contributed by atoms with Gasteiger partial charge in [-0.25, -0.2) is 0 Å². The molecular formula is C15H28BrN3O. The Morgan fingerprint density at radius 1 is 1.30 bits per heavy atom. The number of halogens is 1. The average molecular weight is 346 g/mol. The minimum absolute atomic E-state index is 0.184. The Labute approximate surface area is 131 Å². The minimum Gasteiger partial charge on any atom is -0.391 e. The van der Waals surface area contributed by atoms with Crippen LogP contribution in [0.5, 0.6) is 0 Å². The van der Waals surface area contributed by atoms with Gasteiger partial charge >= 0.3 is 0 Å². The van der Waals surface area contributed by atoms with Gasteiger partial charge in [-0.1, -0.05) is 20.8 Å². The van der Waals surface area contributed by atoms with E-state index in [1.807, 2.05) is 25.8 Å². The summed E-state index contributed by atoms with van der Waals surface area (Å²) in [5, 5.41) is 15.3. The molecule has 1 N–H and O–H groups in total. The number of nitrogens with zero attached hydrogens (tertiary/aromatic N) is 3. The second kappa shape index (κ2) is 7.05. The van der Waals surface area contributed by atoms with Gasteiger partial charge in [-0.3, -0.25) is 4.68 Å². The van der Waals surface area contributed by atoms with E-state index in [4.69, 9.17) is 0 Å².